The predicted octanol–water partition coefficient (Wildman–Crippen LogP) is 4.83. The second-order valence-corrected chi connectivity index (χ2v) is 8.38. The summed E-state index contributed by atoms with van der Waals surface area (Å²) in [7, 11) is 0. The van der Waals surface area contributed by atoms with Gasteiger partial charge in [0.1, 0.15) is 5.82 Å². The van der Waals surface area contributed by atoms with Gasteiger partial charge in [0.2, 0.25) is 0 Å². The first kappa shape index (κ1) is 22.2. The Bertz CT molecular complexity index is 907. The van der Waals surface area contributed by atoms with Crippen LogP contribution in [0.2, 0.25) is 0 Å². The van der Waals surface area contributed by atoms with Gasteiger partial charge in [0.25, 0.3) is 11.6 Å². The summed E-state index contributed by atoms with van der Waals surface area (Å²) in [4.78, 5) is 29.5. The summed E-state index contributed by atoms with van der Waals surface area (Å²) in [5.41, 5.74) is 0.190. The Morgan fingerprint density at radius 2 is 2.00 bits per heavy atom. The molecule has 1 aliphatic rings. The molecule has 0 aromatic heterocycles. The highest BCUT2D eigenvalue weighted by molar-refractivity contribution is 7.99. The molecule has 2 aromatic rings. The van der Waals surface area contributed by atoms with Crippen molar-refractivity contribution >= 4 is 23.4 Å². The van der Waals surface area contributed by atoms with Crippen molar-refractivity contribution in [3.05, 3.63) is 64.0 Å². The topological polar surface area (TPSA) is 66.7 Å². The van der Waals surface area contributed by atoms with Crippen LogP contribution in [0.5, 0.6) is 0 Å². The summed E-state index contributed by atoms with van der Waals surface area (Å²) in [6, 6.07) is 10.7. The van der Waals surface area contributed by atoms with Gasteiger partial charge in [-0.05, 0) is 69.3 Å². The average molecular weight is 432 g/mol. The molecule has 1 saturated heterocycles. The largest absolute Gasteiger partial charge is 0.337 e. The van der Waals surface area contributed by atoms with E-state index in [-0.39, 0.29) is 17.4 Å². The Labute approximate surface area is 180 Å². The zero-order valence-corrected chi connectivity index (χ0v) is 18.0. The van der Waals surface area contributed by atoms with Crippen LogP contribution in [0.4, 0.5) is 10.1 Å². The highest BCUT2D eigenvalue weighted by Crippen LogP contribution is 2.35. The summed E-state index contributed by atoms with van der Waals surface area (Å²) in [5.74, 6) is -0.555. The maximum Gasteiger partial charge on any atom is 0.284 e. The van der Waals surface area contributed by atoms with Crippen molar-refractivity contribution in [2.75, 3.05) is 26.2 Å². The van der Waals surface area contributed by atoms with Crippen LogP contribution < -0.4 is 0 Å². The van der Waals surface area contributed by atoms with Crippen LogP contribution in [0.25, 0.3) is 0 Å². The molecule has 30 heavy (non-hydrogen) atoms. The first-order valence-electron chi connectivity index (χ1n) is 10.2. The van der Waals surface area contributed by atoms with Gasteiger partial charge in [0.15, 0.2) is 0 Å². The highest BCUT2D eigenvalue weighted by atomic mass is 32.2. The molecule has 0 radical (unpaired) electrons. The standard InChI is InChI=1S/C22H26FN3O3S/c1-3-24-13-5-6-18(24)15-25(4-2)22(27)16-7-12-21(20(14-16)26(28)29)30-19-10-8-17(23)9-11-19/h7-12,14,18H,3-6,13,15H2,1-2H3. The van der Waals surface area contributed by atoms with E-state index in [1.165, 1.54) is 30.0 Å². The second-order valence-electron chi connectivity index (χ2n) is 7.26. The van der Waals surface area contributed by atoms with E-state index in [1.54, 1.807) is 29.2 Å². The normalized spacial score (nSPS) is 16.6. The number of hydrogen-bond acceptors (Lipinski definition) is 5. The molecule has 160 valence electrons. The van der Waals surface area contributed by atoms with Crippen molar-refractivity contribution in [3.8, 4) is 0 Å². The van der Waals surface area contributed by atoms with Gasteiger partial charge >= 0.3 is 0 Å². The number of likely N-dealkylation sites (tertiary alicyclic amines) is 1. The average Bonchev–Trinajstić information content (AvgIpc) is 3.20. The van der Waals surface area contributed by atoms with Crippen molar-refractivity contribution < 1.29 is 14.1 Å². The third-order valence-electron chi connectivity index (χ3n) is 5.45. The molecule has 1 atom stereocenters. The number of rotatable bonds is 8. The minimum Gasteiger partial charge on any atom is -0.337 e. The van der Waals surface area contributed by atoms with Crippen LogP contribution in [-0.4, -0.2) is 52.9 Å². The molecule has 3 rings (SSSR count). The van der Waals surface area contributed by atoms with Gasteiger partial charge in [-0.2, -0.15) is 0 Å². The van der Waals surface area contributed by atoms with Gasteiger partial charge in [0, 0.05) is 35.7 Å². The number of carbonyl (C=O) groups is 1. The van der Waals surface area contributed by atoms with Crippen molar-refractivity contribution in [1.82, 2.24) is 9.80 Å². The zero-order valence-electron chi connectivity index (χ0n) is 17.2. The molecular formula is C22H26FN3O3S. The monoisotopic (exact) mass is 431 g/mol. The molecule has 2 aromatic carbocycles. The van der Waals surface area contributed by atoms with Gasteiger partial charge < -0.3 is 4.90 Å². The van der Waals surface area contributed by atoms with E-state index in [4.69, 9.17) is 0 Å². The molecule has 8 heteroatoms. The molecule has 6 nitrogen and oxygen atoms in total. The summed E-state index contributed by atoms with van der Waals surface area (Å²) < 4.78 is 13.1. The molecule has 1 fully saturated rings. The van der Waals surface area contributed by atoms with E-state index in [9.17, 15) is 19.3 Å². The molecular weight excluding hydrogens is 405 g/mol. The minimum atomic E-state index is -0.477. The van der Waals surface area contributed by atoms with E-state index < -0.39 is 4.92 Å². The predicted molar refractivity (Wildman–Crippen MR) is 115 cm³/mol. The molecule has 0 saturated carbocycles. The first-order chi connectivity index (χ1) is 14.4. The lowest BCUT2D eigenvalue weighted by Crippen LogP contribution is -2.43. The van der Waals surface area contributed by atoms with Crippen LogP contribution in [-0.2, 0) is 0 Å². The minimum absolute atomic E-state index is 0.123. The smallest absolute Gasteiger partial charge is 0.284 e. The number of likely N-dealkylation sites (N-methyl/N-ethyl adjacent to an activating group) is 2. The summed E-state index contributed by atoms with van der Waals surface area (Å²) in [6.45, 7) is 7.23. The summed E-state index contributed by atoms with van der Waals surface area (Å²) in [6.07, 6.45) is 2.19. The lowest BCUT2D eigenvalue weighted by Gasteiger charge is -2.29. The van der Waals surface area contributed by atoms with E-state index in [0.29, 0.717) is 34.5 Å². The third-order valence-corrected chi connectivity index (χ3v) is 6.52. The maximum atomic E-state index is 13.1. The highest BCUT2D eigenvalue weighted by Gasteiger charge is 2.28. The fourth-order valence-electron chi connectivity index (χ4n) is 3.82. The quantitative estimate of drug-likeness (QED) is 0.442. The van der Waals surface area contributed by atoms with Crippen LogP contribution in [0, 0.1) is 15.9 Å². The van der Waals surface area contributed by atoms with E-state index >= 15 is 0 Å². The van der Waals surface area contributed by atoms with E-state index in [1.807, 2.05) is 6.92 Å². The molecule has 0 N–H and O–H groups in total. The van der Waals surface area contributed by atoms with Crippen LogP contribution in [0.15, 0.2) is 52.3 Å². The number of benzene rings is 2. The van der Waals surface area contributed by atoms with Gasteiger partial charge in [0.05, 0.1) is 9.82 Å². The number of nitro benzene ring substituents is 1. The third kappa shape index (κ3) is 5.17. The van der Waals surface area contributed by atoms with E-state index in [0.717, 1.165) is 25.9 Å². The van der Waals surface area contributed by atoms with Crippen molar-refractivity contribution in [1.29, 1.82) is 0 Å². The first-order valence-corrected chi connectivity index (χ1v) is 11.0. The van der Waals surface area contributed by atoms with Crippen molar-refractivity contribution in [2.45, 2.75) is 42.5 Å². The van der Waals surface area contributed by atoms with Gasteiger partial charge in [-0.15, -0.1) is 0 Å². The molecule has 0 aliphatic carbocycles. The Morgan fingerprint density at radius 3 is 2.63 bits per heavy atom. The Balaban J connectivity index is 1.80. The summed E-state index contributed by atoms with van der Waals surface area (Å²) >= 11 is 1.18. The van der Waals surface area contributed by atoms with Crippen molar-refractivity contribution in [3.63, 3.8) is 0 Å². The fourth-order valence-corrected chi connectivity index (χ4v) is 4.72. The number of amides is 1. The fraction of sp³-hybridized carbons (Fsp3) is 0.409. The number of nitrogens with zero attached hydrogens (tertiary/aromatic N) is 3. The Kier molecular flexibility index (Phi) is 7.44. The molecule has 1 heterocycles. The zero-order chi connectivity index (χ0) is 21.7. The molecule has 0 bridgehead atoms. The summed E-state index contributed by atoms with van der Waals surface area (Å²) in [5, 5.41) is 11.6. The van der Waals surface area contributed by atoms with Gasteiger partial charge in [-0.25, -0.2) is 4.39 Å². The number of hydrogen-bond donors (Lipinski definition) is 0. The van der Waals surface area contributed by atoms with Crippen LogP contribution in [0.1, 0.15) is 37.0 Å². The van der Waals surface area contributed by atoms with Gasteiger partial charge in [-0.1, -0.05) is 18.7 Å². The maximum absolute atomic E-state index is 13.1. The number of carbonyl (C=O) groups excluding carboxylic acids is 1. The van der Waals surface area contributed by atoms with Crippen molar-refractivity contribution in [2.24, 2.45) is 0 Å². The lowest BCUT2D eigenvalue weighted by molar-refractivity contribution is -0.387. The van der Waals surface area contributed by atoms with Crippen LogP contribution >= 0.6 is 11.8 Å². The molecule has 1 amide bonds. The molecule has 1 aliphatic heterocycles. The Morgan fingerprint density at radius 1 is 1.27 bits per heavy atom. The number of nitro groups is 1. The molecule has 0 spiro atoms. The molecule has 1 unspecified atom stereocenters. The van der Waals surface area contributed by atoms with Gasteiger partial charge in [-0.3, -0.25) is 19.8 Å². The second kappa shape index (κ2) is 10.0. The van der Waals surface area contributed by atoms with Crippen LogP contribution in [0.3, 0.4) is 0 Å². The SMILES string of the molecule is CCN(CC1CCCN1CC)C(=O)c1ccc(Sc2ccc(F)cc2)c([N+](=O)[O-])c1. The van der Waals surface area contributed by atoms with E-state index in [2.05, 4.69) is 11.8 Å². The number of halogens is 1. The Hall–Kier alpha value is -2.45. The lowest BCUT2D eigenvalue weighted by atomic mass is 10.1.